The van der Waals surface area contributed by atoms with E-state index in [1.54, 1.807) is 12.3 Å². The van der Waals surface area contributed by atoms with Crippen molar-refractivity contribution in [1.29, 1.82) is 0 Å². The molecule has 0 amide bonds. The van der Waals surface area contributed by atoms with Gasteiger partial charge in [0.15, 0.2) is 0 Å². The van der Waals surface area contributed by atoms with Crippen molar-refractivity contribution >= 4 is 75.6 Å². The van der Waals surface area contributed by atoms with E-state index in [0.717, 1.165) is 17.9 Å². The topological polar surface area (TPSA) is 118 Å². The van der Waals surface area contributed by atoms with Crippen LogP contribution in [0.3, 0.4) is 0 Å². The van der Waals surface area contributed by atoms with Crippen molar-refractivity contribution in [2.75, 3.05) is 0 Å². The Balaban J connectivity index is -0.0000000493. The summed E-state index contributed by atoms with van der Waals surface area (Å²) < 4.78 is 0. The normalized spacial score (nSPS) is 5.17. The standard InChI is InChI=1S/C8H10N2.4CNS.2Co/c1-3-5-8-9-6-7(4-2)10-8;4*2-1-3;;/h3-4,6H,1-2,5H2,(H,9,10);;;;;;/q;4*-1;2*+2. The maximum absolute atomic E-state index is 7.13. The van der Waals surface area contributed by atoms with E-state index in [2.05, 4.69) is 72.0 Å². The fourth-order valence-corrected chi connectivity index (χ4v) is 0.723. The Bertz CT molecular complexity index is 502. The van der Waals surface area contributed by atoms with E-state index in [0.29, 0.717) is 0 Å². The van der Waals surface area contributed by atoms with Gasteiger partial charge in [-0.15, -0.1) is 6.58 Å². The van der Waals surface area contributed by atoms with Crippen LogP contribution in [0.2, 0.25) is 0 Å². The smallest absolute Gasteiger partial charge is 0.753 e. The number of H-pyrrole nitrogens is 1. The van der Waals surface area contributed by atoms with Crippen molar-refractivity contribution < 1.29 is 33.6 Å². The first-order valence-electron chi connectivity index (χ1n) is 4.85. The molecule has 1 aromatic heterocycles. The first kappa shape index (κ1) is 38.5. The molecule has 130 valence electrons. The van der Waals surface area contributed by atoms with Crippen LogP contribution in [0.1, 0.15) is 11.5 Å². The summed E-state index contributed by atoms with van der Waals surface area (Å²) >= 11 is 14.8. The minimum absolute atomic E-state index is 0. The van der Waals surface area contributed by atoms with E-state index in [4.69, 9.17) is 21.6 Å². The van der Waals surface area contributed by atoms with Gasteiger partial charge >= 0.3 is 33.6 Å². The molecule has 24 heavy (non-hydrogen) atoms. The molecule has 0 aliphatic heterocycles. The fraction of sp³-hybridized carbons (Fsp3) is 0.0833. The number of isothiocyanates is 4. The average Bonchev–Trinajstić information content (AvgIpc) is 2.91. The molecule has 2 radical (unpaired) electrons. The number of hydrogen-bond acceptors (Lipinski definition) is 5. The fourth-order valence-electron chi connectivity index (χ4n) is 0.723. The molecular formula is C12H10Co2N6S4. The molecule has 1 rings (SSSR count). The van der Waals surface area contributed by atoms with Crippen molar-refractivity contribution in [3.63, 3.8) is 0 Å². The van der Waals surface area contributed by atoms with Crippen LogP contribution < -0.4 is 0 Å². The number of aromatic amines is 1. The number of hydrogen-bond donors (Lipinski definition) is 1. The minimum atomic E-state index is 0. The van der Waals surface area contributed by atoms with Crippen LogP contribution in [-0.4, -0.2) is 30.6 Å². The van der Waals surface area contributed by atoms with Crippen LogP contribution in [0.4, 0.5) is 0 Å². The second kappa shape index (κ2) is 43.1. The summed E-state index contributed by atoms with van der Waals surface area (Å²) in [4.78, 5) is 7.14. The SMILES string of the molecule is C=CCc1ncc(C=C)[nH]1.[Co+2].[Co+2].[N-]=C=S.[N-]=C=S.[N-]=C=S.[N-]=C=S. The largest absolute Gasteiger partial charge is 2.00 e. The Labute approximate surface area is 183 Å². The van der Waals surface area contributed by atoms with Crippen LogP contribution >= 0.6 is 48.9 Å². The molecule has 0 bridgehead atoms. The van der Waals surface area contributed by atoms with E-state index in [1.165, 1.54) is 20.6 Å². The predicted molar refractivity (Wildman–Crippen MR) is 106 cm³/mol. The van der Waals surface area contributed by atoms with Crippen molar-refractivity contribution in [3.05, 3.63) is 58.6 Å². The van der Waals surface area contributed by atoms with Gasteiger partial charge in [0.1, 0.15) is 5.82 Å². The van der Waals surface area contributed by atoms with Gasteiger partial charge in [-0.1, -0.05) is 61.5 Å². The molecule has 6 nitrogen and oxygen atoms in total. The molecule has 0 saturated carbocycles. The maximum atomic E-state index is 7.13. The van der Waals surface area contributed by atoms with E-state index < -0.39 is 0 Å². The number of aromatic nitrogens is 2. The first-order valence-corrected chi connectivity index (χ1v) is 6.48. The second-order valence-electron chi connectivity index (χ2n) is 2.35. The number of allylic oxidation sites excluding steroid dienone is 1. The molecule has 0 aromatic carbocycles. The third-order valence-electron chi connectivity index (χ3n) is 1.21. The Morgan fingerprint density at radius 2 is 1.29 bits per heavy atom. The maximum Gasteiger partial charge on any atom is 2.00 e. The Hall–Kier alpha value is -1.10. The van der Waals surface area contributed by atoms with Crippen molar-refractivity contribution in [2.24, 2.45) is 0 Å². The molecule has 0 aliphatic carbocycles. The number of nitrogens with zero attached hydrogens (tertiary/aromatic N) is 5. The quantitative estimate of drug-likeness (QED) is 0.387. The second-order valence-corrected chi connectivity index (χ2v) is 3.08. The molecule has 0 saturated heterocycles. The Morgan fingerprint density at radius 3 is 1.50 bits per heavy atom. The van der Waals surface area contributed by atoms with Crippen molar-refractivity contribution in [1.82, 2.24) is 9.97 Å². The summed E-state index contributed by atoms with van der Waals surface area (Å²) in [5.41, 5.74) is 0.955. The number of nitrogens with one attached hydrogen (secondary N) is 1. The number of imidazole rings is 1. The van der Waals surface area contributed by atoms with Gasteiger partial charge in [0.25, 0.3) is 0 Å². The summed E-state index contributed by atoms with van der Waals surface area (Å²) in [7, 11) is 0. The van der Waals surface area contributed by atoms with Crippen molar-refractivity contribution in [2.45, 2.75) is 6.42 Å². The molecule has 1 heterocycles. The molecule has 0 unspecified atom stereocenters. The Morgan fingerprint density at radius 1 is 0.958 bits per heavy atom. The number of thiocarbonyl (C=S) groups is 4. The number of rotatable bonds is 3. The average molecular weight is 484 g/mol. The van der Waals surface area contributed by atoms with E-state index in [-0.39, 0.29) is 33.6 Å². The molecule has 0 atom stereocenters. The molecule has 1 N–H and O–H groups in total. The Kier molecular flexibility index (Phi) is 69.0. The molecular weight excluding hydrogens is 474 g/mol. The van der Waals surface area contributed by atoms with Gasteiger partial charge in [-0.2, -0.15) is 20.6 Å². The molecule has 0 fully saturated rings. The van der Waals surface area contributed by atoms with E-state index in [9.17, 15) is 0 Å². The zero-order valence-electron chi connectivity index (χ0n) is 11.9. The third-order valence-corrected chi connectivity index (χ3v) is 1.21. The first-order chi connectivity index (χ1) is 10.5. The zero-order valence-corrected chi connectivity index (χ0v) is 17.2. The van der Waals surface area contributed by atoms with Gasteiger partial charge in [0.2, 0.25) is 0 Å². The van der Waals surface area contributed by atoms with Crippen molar-refractivity contribution in [3.8, 4) is 0 Å². The molecule has 1 aromatic rings. The van der Waals surface area contributed by atoms with Crippen LogP contribution in [0, 0.1) is 0 Å². The summed E-state index contributed by atoms with van der Waals surface area (Å²) in [6.45, 7) is 7.21. The van der Waals surface area contributed by atoms with Gasteiger partial charge in [-0.3, -0.25) is 0 Å². The molecule has 0 aliphatic rings. The van der Waals surface area contributed by atoms with Gasteiger partial charge < -0.3 is 26.6 Å². The van der Waals surface area contributed by atoms with Gasteiger partial charge in [-0.05, 0) is 6.08 Å². The summed E-state index contributed by atoms with van der Waals surface area (Å²) in [5, 5.41) is 33.9. The van der Waals surface area contributed by atoms with E-state index in [1.807, 2.05) is 6.08 Å². The summed E-state index contributed by atoms with van der Waals surface area (Å²) in [6.07, 6.45) is 6.09. The minimum Gasteiger partial charge on any atom is -0.753 e. The van der Waals surface area contributed by atoms with Crippen LogP contribution in [0.15, 0.2) is 25.4 Å². The zero-order chi connectivity index (χ0) is 18.2. The van der Waals surface area contributed by atoms with E-state index >= 15 is 0 Å². The van der Waals surface area contributed by atoms with Crippen LogP contribution in [0.5, 0.6) is 0 Å². The summed E-state index contributed by atoms with van der Waals surface area (Å²) in [5.74, 6) is 0.935. The molecule has 0 spiro atoms. The predicted octanol–water partition coefficient (Wildman–Crippen LogP) is 4.41. The van der Waals surface area contributed by atoms with Crippen LogP contribution in [-0.2, 0) is 40.0 Å². The monoisotopic (exact) mass is 484 g/mol. The third kappa shape index (κ3) is 49.7. The van der Waals surface area contributed by atoms with Gasteiger partial charge in [0.05, 0.1) is 11.9 Å². The van der Waals surface area contributed by atoms with Crippen LogP contribution in [0.25, 0.3) is 27.7 Å². The summed E-state index contributed by atoms with van der Waals surface area (Å²) in [6, 6.07) is 0. The van der Waals surface area contributed by atoms with Gasteiger partial charge in [-0.25, -0.2) is 4.98 Å². The van der Waals surface area contributed by atoms with Gasteiger partial charge in [0, 0.05) is 6.42 Å². The molecule has 12 heteroatoms.